The van der Waals surface area contributed by atoms with Gasteiger partial charge in [0.25, 0.3) is 0 Å². The van der Waals surface area contributed by atoms with Crippen LogP contribution in [-0.4, -0.2) is 33.3 Å². The molecule has 0 spiro atoms. The molecule has 5 nitrogen and oxygen atoms in total. The van der Waals surface area contributed by atoms with Gasteiger partial charge in [0.05, 0.1) is 16.7 Å². The molecule has 3 saturated heterocycles. The second-order valence-corrected chi connectivity index (χ2v) is 5.54. The largest absolute Gasteiger partial charge is 0.302 e. The SMILES string of the molecule is ClC1NC2CCC1(c1[nH]nc3ccncc13)NC2. The number of hydrogen-bond acceptors (Lipinski definition) is 4. The van der Waals surface area contributed by atoms with Gasteiger partial charge in [0, 0.05) is 30.4 Å². The molecule has 0 aliphatic carbocycles. The van der Waals surface area contributed by atoms with E-state index in [0.717, 1.165) is 36.0 Å². The first-order chi connectivity index (χ1) is 8.79. The summed E-state index contributed by atoms with van der Waals surface area (Å²) in [6.07, 6.45) is 5.77. The summed E-state index contributed by atoms with van der Waals surface area (Å²) in [4.78, 5) is 4.19. The van der Waals surface area contributed by atoms with Crippen LogP contribution in [0.5, 0.6) is 0 Å². The Balaban J connectivity index is 1.90. The molecule has 5 rings (SSSR count). The van der Waals surface area contributed by atoms with Crippen molar-refractivity contribution in [2.75, 3.05) is 6.54 Å². The first kappa shape index (κ1) is 10.7. The molecule has 3 aliphatic heterocycles. The number of pyridine rings is 1. The highest BCUT2D eigenvalue weighted by Crippen LogP contribution is 2.41. The number of aromatic nitrogens is 3. The van der Waals surface area contributed by atoms with Gasteiger partial charge in [-0.25, -0.2) is 0 Å². The molecule has 2 aromatic heterocycles. The normalized spacial score (nSPS) is 35.2. The maximum absolute atomic E-state index is 6.52. The third-order valence-corrected chi connectivity index (χ3v) is 4.67. The maximum Gasteiger partial charge on any atom is 0.107 e. The molecule has 3 N–H and O–H groups in total. The predicted molar refractivity (Wildman–Crippen MR) is 69.4 cm³/mol. The lowest BCUT2D eigenvalue weighted by atomic mass is 9.79. The number of piperidine rings is 2. The first-order valence-corrected chi connectivity index (χ1v) is 6.67. The van der Waals surface area contributed by atoms with E-state index < -0.39 is 0 Å². The molecule has 3 fully saturated rings. The average molecular weight is 264 g/mol. The third-order valence-electron chi connectivity index (χ3n) is 4.17. The Morgan fingerprint density at radius 3 is 3.17 bits per heavy atom. The van der Waals surface area contributed by atoms with Gasteiger partial charge >= 0.3 is 0 Å². The zero-order chi connectivity index (χ0) is 12.2. The number of H-pyrrole nitrogens is 1. The van der Waals surface area contributed by atoms with Crippen molar-refractivity contribution in [2.24, 2.45) is 0 Å². The fourth-order valence-corrected chi connectivity index (χ4v) is 3.61. The van der Waals surface area contributed by atoms with Crippen molar-refractivity contribution in [1.29, 1.82) is 0 Å². The number of rotatable bonds is 1. The molecule has 0 aromatic carbocycles. The van der Waals surface area contributed by atoms with E-state index in [1.807, 2.05) is 12.3 Å². The van der Waals surface area contributed by atoms with E-state index in [0.29, 0.717) is 6.04 Å². The summed E-state index contributed by atoms with van der Waals surface area (Å²) < 4.78 is 0. The molecule has 2 bridgehead atoms. The molecule has 6 heteroatoms. The fourth-order valence-electron chi connectivity index (χ4n) is 3.14. The van der Waals surface area contributed by atoms with Crippen molar-refractivity contribution >= 4 is 22.5 Å². The van der Waals surface area contributed by atoms with Crippen LogP contribution in [0.4, 0.5) is 0 Å². The van der Waals surface area contributed by atoms with E-state index in [4.69, 9.17) is 11.6 Å². The Hall–Kier alpha value is -1.17. The van der Waals surface area contributed by atoms with Crippen molar-refractivity contribution in [3.05, 3.63) is 24.2 Å². The Kier molecular flexibility index (Phi) is 2.18. The Bertz CT molecular complexity index is 587. The molecule has 0 saturated carbocycles. The highest BCUT2D eigenvalue weighted by Gasteiger charge is 2.49. The van der Waals surface area contributed by atoms with Gasteiger partial charge in [-0.2, -0.15) is 5.10 Å². The van der Waals surface area contributed by atoms with Crippen LogP contribution in [0.2, 0.25) is 0 Å². The number of piperazine rings is 1. The van der Waals surface area contributed by atoms with Crippen molar-refractivity contribution in [2.45, 2.75) is 29.9 Å². The van der Waals surface area contributed by atoms with Gasteiger partial charge in [-0.3, -0.25) is 15.4 Å². The van der Waals surface area contributed by atoms with Gasteiger partial charge in [-0.05, 0) is 18.9 Å². The van der Waals surface area contributed by atoms with E-state index in [-0.39, 0.29) is 11.0 Å². The minimum absolute atomic E-state index is 0.117. The van der Waals surface area contributed by atoms with Crippen LogP contribution in [0.15, 0.2) is 18.5 Å². The number of halogens is 1. The quantitative estimate of drug-likeness (QED) is 0.532. The van der Waals surface area contributed by atoms with Crippen LogP contribution < -0.4 is 10.6 Å². The smallest absolute Gasteiger partial charge is 0.107 e. The van der Waals surface area contributed by atoms with E-state index in [2.05, 4.69) is 25.8 Å². The molecular formula is C12H14ClN5. The van der Waals surface area contributed by atoms with Crippen LogP contribution in [0.1, 0.15) is 18.5 Å². The molecule has 5 heterocycles. The van der Waals surface area contributed by atoms with Gasteiger partial charge in [0.15, 0.2) is 0 Å². The second-order valence-electron chi connectivity index (χ2n) is 5.11. The number of alkyl halides is 1. The molecule has 0 amide bonds. The third kappa shape index (κ3) is 1.29. The van der Waals surface area contributed by atoms with Crippen molar-refractivity contribution in [3.8, 4) is 0 Å². The molecule has 3 unspecified atom stereocenters. The summed E-state index contributed by atoms with van der Waals surface area (Å²) in [6, 6.07) is 2.40. The van der Waals surface area contributed by atoms with Crippen LogP contribution >= 0.6 is 11.6 Å². The zero-order valence-electron chi connectivity index (χ0n) is 9.78. The van der Waals surface area contributed by atoms with E-state index >= 15 is 0 Å². The minimum atomic E-state index is -0.256. The zero-order valence-corrected chi connectivity index (χ0v) is 10.5. The van der Waals surface area contributed by atoms with Crippen molar-refractivity contribution in [3.63, 3.8) is 0 Å². The Labute approximate surface area is 109 Å². The molecule has 2 aromatic rings. The summed E-state index contributed by atoms with van der Waals surface area (Å²) in [5.74, 6) is 0. The second kappa shape index (κ2) is 3.66. The highest BCUT2D eigenvalue weighted by atomic mass is 35.5. The minimum Gasteiger partial charge on any atom is -0.302 e. The fraction of sp³-hybridized carbons (Fsp3) is 0.500. The Morgan fingerprint density at radius 2 is 2.39 bits per heavy atom. The van der Waals surface area contributed by atoms with Gasteiger partial charge in [-0.15, -0.1) is 11.6 Å². The number of nitrogens with zero attached hydrogens (tertiary/aromatic N) is 2. The summed E-state index contributed by atoms with van der Waals surface area (Å²) in [7, 11) is 0. The summed E-state index contributed by atoms with van der Waals surface area (Å²) >= 11 is 6.52. The molecule has 3 atom stereocenters. The number of hydrogen-bond donors (Lipinski definition) is 3. The van der Waals surface area contributed by atoms with E-state index in [1.54, 1.807) is 6.20 Å². The van der Waals surface area contributed by atoms with Crippen molar-refractivity contribution in [1.82, 2.24) is 25.8 Å². The predicted octanol–water partition coefficient (Wildman–Crippen LogP) is 1.07. The Morgan fingerprint density at radius 1 is 1.44 bits per heavy atom. The number of aromatic amines is 1. The van der Waals surface area contributed by atoms with E-state index in [9.17, 15) is 0 Å². The lowest BCUT2D eigenvalue weighted by Gasteiger charge is -2.50. The van der Waals surface area contributed by atoms with Crippen molar-refractivity contribution < 1.29 is 0 Å². The van der Waals surface area contributed by atoms with Gasteiger partial charge < -0.3 is 5.32 Å². The lowest BCUT2D eigenvalue weighted by molar-refractivity contribution is 0.126. The van der Waals surface area contributed by atoms with Crippen LogP contribution in [0, 0.1) is 0 Å². The molecule has 3 aliphatic rings. The molecular weight excluding hydrogens is 250 g/mol. The van der Waals surface area contributed by atoms with Crippen LogP contribution in [-0.2, 0) is 5.54 Å². The summed E-state index contributed by atoms with van der Waals surface area (Å²) in [6.45, 7) is 0.948. The molecule has 18 heavy (non-hydrogen) atoms. The highest BCUT2D eigenvalue weighted by molar-refractivity contribution is 6.21. The van der Waals surface area contributed by atoms with Gasteiger partial charge in [0.2, 0.25) is 0 Å². The maximum atomic E-state index is 6.52. The number of nitrogens with one attached hydrogen (secondary N) is 3. The standard InChI is InChI=1S/C12H14ClN5/c13-11-12(3-1-7(16-11)5-15-12)10-8-6-14-4-2-9(8)17-18-10/h2,4,6-7,11,15-16H,1,3,5H2,(H,17,18). The van der Waals surface area contributed by atoms with E-state index in [1.165, 1.54) is 0 Å². The van der Waals surface area contributed by atoms with Crippen LogP contribution in [0.3, 0.4) is 0 Å². The van der Waals surface area contributed by atoms with Gasteiger partial charge in [0.1, 0.15) is 5.50 Å². The monoisotopic (exact) mass is 263 g/mol. The average Bonchev–Trinajstić information content (AvgIpc) is 2.84. The molecule has 94 valence electrons. The van der Waals surface area contributed by atoms with Crippen LogP contribution in [0.25, 0.3) is 10.9 Å². The summed E-state index contributed by atoms with van der Waals surface area (Å²) in [5, 5.41) is 15.6. The first-order valence-electron chi connectivity index (χ1n) is 6.23. The summed E-state index contributed by atoms with van der Waals surface area (Å²) in [5.41, 5.74) is 1.62. The van der Waals surface area contributed by atoms with Gasteiger partial charge in [-0.1, -0.05) is 0 Å². The number of fused-ring (bicyclic) bond motifs is 4. The molecule has 0 radical (unpaired) electrons. The lowest BCUT2D eigenvalue weighted by Crippen LogP contribution is -2.69. The topological polar surface area (TPSA) is 65.6 Å².